The van der Waals surface area contributed by atoms with Crippen molar-refractivity contribution in [2.24, 2.45) is 10.7 Å². The topological polar surface area (TPSA) is 83.2 Å². The van der Waals surface area contributed by atoms with E-state index in [9.17, 15) is 4.79 Å². The van der Waals surface area contributed by atoms with Crippen LogP contribution in [0.25, 0.3) is 0 Å². The summed E-state index contributed by atoms with van der Waals surface area (Å²) in [6.45, 7) is 6.41. The first-order chi connectivity index (χ1) is 18.3. The van der Waals surface area contributed by atoms with Gasteiger partial charge in [0.05, 0.1) is 35.9 Å². The standard InChI is InChI=1S/C30H34BrN5O2/c1-6-18-9-8-10-19(7-2)26(18)36-27-20(11-13-22-25(29(32)37)17(3)35(4)28(22)27)16-33-30(36)34-23-14-12-21(31)15-24(23)38-5/h8-10,12,14-17H,6-7,11,13H2,1-5H3,(H2,32,37)(H,33,34). The van der Waals surface area contributed by atoms with Crippen LogP contribution in [0.2, 0.25) is 0 Å². The van der Waals surface area contributed by atoms with Gasteiger partial charge in [0.15, 0.2) is 0 Å². The number of carbonyl (C=O) groups is 1. The fraction of sp³-hybridized carbons (Fsp3) is 0.333. The van der Waals surface area contributed by atoms with Crippen LogP contribution in [0.3, 0.4) is 0 Å². The van der Waals surface area contributed by atoms with Gasteiger partial charge in [0.25, 0.3) is 0 Å². The lowest BCUT2D eigenvalue weighted by Gasteiger charge is -2.40. The van der Waals surface area contributed by atoms with Crippen LogP contribution in [0, 0.1) is 0 Å². The van der Waals surface area contributed by atoms with Crippen LogP contribution >= 0.6 is 15.9 Å². The molecule has 3 N–H and O–H groups in total. The van der Waals surface area contributed by atoms with Crippen LogP contribution < -0.4 is 20.7 Å². The molecule has 8 heteroatoms. The van der Waals surface area contributed by atoms with Crippen molar-refractivity contribution in [3.8, 4) is 5.75 Å². The van der Waals surface area contributed by atoms with Crippen molar-refractivity contribution in [1.29, 1.82) is 0 Å². The molecule has 0 fully saturated rings. The first-order valence-electron chi connectivity index (χ1n) is 13.1. The van der Waals surface area contributed by atoms with Gasteiger partial charge < -0.3 is 20.7 Å². The summed E-state index contributed by atoms with van der Waals surface area (Å²) in [7, 11) is 3.71. The number of nitrogens with two attached hydrogens (primary N) is 1. The van der Waals surface area contributed by atoms with Gasteiger partial charge in [-0.15, -0.1) is 0 Å². The van der Waals surface area contributed by atoms with Crippen LogP contribution in [0.4, 0.5) is 11.4 Å². The molecule has 2 aromatic carbocycles. The predicted octanol–water partition coefficient (Wildman–Crippen LogP) is 5.88. The molecular formula is C30H34BrN5O2. The van der Waals surface area contributed by atoms with Gasteiger partial charge in [-0.05, 0) is 73.1 Å². The summed E-state index contributed by atoms with van der Waals surface area (Å²) in [5.41, 5.74) is 15.3. The van der Waals surface area contributed by atoms with E-state index in [0.717, 1.165) is 64.1 Å². The number of amides is 1. The zero-order valence-corrected chi connectivity index (χ0v) is 24.1. The summed E-state index contributed by atoms with van der Waals surface area (Å²) in [4.78, 5) is 22.0. The van der Waals surface area contributed by atoms with Crippen molar-refractivity contribution in [3.63, 3.8) is 0 Å². The summed E-state index contributed by atoms with van der Waals surface area (Å²) in [6, 6.07) is 12.3. The number of ether oxygens (including phenoxy) is 1. The second-order valence-electron chi connectivity index (χ2n) is 9.78. The average molecular weight is 577 g/mol. The van der Waals surface area contributed by atoms with Gasteiger partial charge in [0.1, 0.15) is 5.75 Å². The Hall–Kier alpha value is -3.52. The highest BCUT2D eigenvalue weighted by atomic mass is 79.9. The summed E-state index contributed by atoms with van der Waals surface area (Å²) >= 11 is 3.54. The third kappa shape index (κ3) is 4.21. The van der Waals surface area contributed by atoms with E-state index >= 15 is 0 Å². The zero-order valence-electron chi connectivity index (χ0n) is 22.6. The van der Waals surface area contributed by atoms with Crippen molar-refractivity contribution >= 4 is 39.2 Å². The molecule has 1 unspecified atom stereocenters. The number of fused-ring (bicyclic) bond motifs is 2. The van der Waals surface area contributed by atoms with E-state index in [1.807, 2.05) is 38.4 Å². The lowest BCUT2D eigenvalue weighted by Crippen LogP contribution is -2.42. The smallest absolute Gasteiger partial charge is 0.247 e. The average Bonchev–Trinajstić information content (AvgIpc) is 3.18. The molecule has 2 aromatic rings. The molecule has 5 rings (SSSR count). The third-order valence-corrected chi connectivity index (χ3v) is 8.27. The number of likely N-dealkylation sites (N-methyl/N-ethyl adjacent to an activating group) is 1. The highest BCUT2D eigenvalue weighted by Crippen LogP contribution is 2.48. The molecular weight excluding hydrogens is 542 g/mol. The number of para-hydroxylation sites is 1. The number of benzene rings is 2. The van der Waals surface area contributed by atoms with Crippen LogP contribution in [-0.2, 0) is 17.6 Å². The number of nitrogens with zero attached hydrogens (tertiary/aromatic N) is 3. The molecule has 0 spiro atoms. The highest BCUT2D eigenvalue weighted by Gasteiger charge is 2.42. The number of methoxy groups -OCH3 is 1. The first kappa shape index (κ1) is 26.1. The lowest BCUT2D eigenvalue weighted by atomic mass is 9.88. The molecule has 198 valence electrons. The van der Waals surface area contributed by atoms with Gasteiger partial charge in [-0.3, -0.25) is 9.69 Å². The Morgan fingerprint density at radius 2 is 1.87 bits per heavy atom. The fourth-order valence-corrected chi connectivity index (χ4v) is 6.14. The minimum absolute atomic E-state index is 0.0971. The van der Waals surface area contributed by atoms with E-state index in [1.165, 1.54) is 11.1 Å². The van der Waals surface area contributed by atoms with Crippen LogP contribution in [0.15, 0.2) is 80.2 Å². The second-order valence-corrected chi connectivity index (χ2v) is 10.7. The Kier molecular flexibility index (Phi) is 7.09. The number of rotatable bonds is 6. The van der Waals surface area contributed by atoms with E-state index in [1.54, 1.807) is 7.11 Å². The van der Waals surface area contributed by atoms with E-state index in [4.69, 9.17) is 15.5 Å². The minimum atomic E-state index is -0.348. The van der Waals surface area contributed by atoms with E-state index in [-0.39, 0.29) is 11.9 Å². The van der Waals surface area contributed by atoms with Gasteiger partial charge in [-0.1, -0.05) is 48.0 Å². The van der Waals surface area contributed by atoms with Gasteiger partial charge in [0.2, 0.25) is 11.9 Å². The van der Waals surface area contributed by atoms with Gasteiger partial charge >= 0.3 is 0 Å². The molecule has 2 aliphatic heterocycles. The van der Waals surface area contributed by atoms with Gasteiger partial charge in [-0.25, -0.2) is 4.99 Å². The van der Waals surface area contributed by atoms with Crippen molar-refractivity contribution < 1.29 is 9.53 Å². The molecule has 0 saturated heterocycles. The highest BCUT2D eigenvalue weighted by molar-refractivity contribution is 9.10. The lowest BCUT2D eigenvalue weighted by molar-refractivity contribution is -0.114. The maximum atomic E-state index is 12.6. The van der Waals surface area contributed by atoms with Crippen LogP contribution in [0.1, 0.15) is 44.7 Å². The number of hydrogen-bond donors (Lipinski definition) is 2. The van der Waals surface area contributed by atoms with Gasteiger partial charge in [-0.2, -0.15) is 0 Å². The number of hydrogen-bond acceptors (Lipinski definition) is 6. The molecule has 2 heterocycles. The molecule has 1 amide bonds. The molecule has 0 bridgehead atoms. The summed E-state index contributed by atoms with van der Waals surface area (Å²) in [6.07, 6.45) is 5.26. The fourth-order valence-electron chi connectivity index (χ4n) is 5.80. The number of carbonyl (C=O) groups excluding carboxylic acids is 1. The van der Waals surface area contributed by atoms with Crippen molar-refractivity contribution in [3.05, 3.63) is 86.3 Å². The Balaban J connectivity index is 1.79. The number of aryl methyl sites for hydroxylation is 2. The maximum absolute atomic E-state index is 12.6. The Bertz CT molecular complexity index is 1420. The predicted molar refractivity (Wildman–Crippen MR) is 157 cm³/mol. The number of allylic oxidation sites excluding steroid dienone is 2. The first-order valence-corrected chi connectivity index (χ1v) is 13.9. The Labute approximate surface area is 232 Å². The molecule has 0 radical (unpaired) electrons. The molecule has 38 heavy (non-hydrogen) atoms. The zero-order chi connectivity index (χ0) is 27.1. The maximum Gasteiger partial charge on any atom is 0.247 e. The summed E-state index contributed by atoms with van der Waals surface area (Å²) < 4.78 is 6.62. The largest absolute Gasteiger partial charge is 0.495 e. The molecule has 1 atom stereocenters. The quantitative estimate of drug-likeness (QED) is 0.449. The third-order valence-electron chi connectivity index (χ3n) is 7.78. The number of anilines is 2. The number of guanidine groups is 1. The summed E-state index contributed by atoms with van der Waals surface area (Å²) in [5, 5.41) is 3.58. The molecule has 0 aromatic heterocycles. The molecule has 1 aliphatic carbocycles. The van der Waals surface area contributed by atoms with Crippen molar-refractivity contribution in [2.75, 3.05) is 24.4 Å². The van der Waals surface area contributed by atoms with E-state index in [2.05, 4.69) is 63.1 Å². The normalized spacial score (nSPS) is 18.7. The van der Waals surface area contributed by atoms with E-state index in [0.29, 0.717) is 17.3 Å². The van der Waals surface area contributed by atoms with Crippen molar-refractivity contribution in [1.82, 2.24) is 4.90 Å². The SMILES string of the molecule is CCc1cccc(CC)c1N1C(Nc2ccc(Br)cc2OC)=NC=C2CCC3=C(C(N)=O)C(C)N(C)C3=C21. The second kappa shape index (κ2) is 10.3. The summed E-state index contributed by atoms with van der Waals surface area (Å²) in [5.74, 6) is 1.04. The number of halogens is 1. The number of aliphatic imine (C=N–C) groups is 1. The number of primary amides is 1. The molecule has 7 nitrogen and oxygen atoms in total. The van der Waals surface area contributed by atoms with Crippen LogP contribution in [0.5, 0.6) is 5.75 Å². The molecule has 0 saturated carbocycles. The molecule has 3 aliphatic rings. The van der Waals surface area contributed by atoms with Gasteiger partial charge in [0, 0.05) is 23.3 Å². The number of nitrogens with one attached hydrogen (secondary N) is 1. The van der Waals surface area contributed by atoms with Crippen LogP contribution in [-0.4, -0.2) is 37.0 Å². The Morgan fingerprint density at radius 3 is 2.50 bits per heavy atom. The Morgan fingerprint density at radius 1 is 1.16 bits per heavy atom. The van der Waals surface area contributed by atoms with E-state index < -0.39 is 0 Å². The minimum Gasteiger partial charge on any atom is -0.495 e. The van der Waals surface area contributed by atoms with Crippen molar-refractivity contribution in [2.45, 2.75) is 52.5 Å². The monoisotopic (exact) mass is 575 g/mol.